The molecule has 1 aromatic rings. The van der Waals surface area contributed by atoms with Crippen LogP contribution in [0.2, 0.25) is 5.02 Å². The van der Waals surface area contributed by atoms with Crippen molar-refractivity contribution in [2.75, 3.05) is 0 Å². The molecule has 0 amide bonds. The highest BCUT2D eigenvalue weighted by atomic mass is 35.5. The minimum atomic E-state index is -0.868. The monoisotopic (exact) mass is 212 g/mol. The molecule has 1 nitrogen and oxygen atoms in total. The van der Waals surface area contributed by atoms with E-state index >= 15 is 0 Å². The van der Waals surface area contributed by atoms with Gasteiger partial charge >= 0.3 is 0 Å². The molecule has 0 radical (unpaired) electrons. The highest BCUT2D eigenvalue weighted by Gasteiger charge is 2.19. The summed E-state index contributed by atoms with van der Waals surface area (Å²) in [6.07, 6.45) is 0. The quantitative estimate of drug-likeness (QED) is 0.793. The first-order valence-corrected chi connectivity index (χ1v) is 5.22. The van der Waals surface area contributed by atoms with Gasteiger partial charge in [-0.1, -0.05) is 37.6 Å². The Kier molecular flexibility index (Phi) is 3.23. The van der Waals surface area contributed by atoms with Gasteiger partial charge in [0, 0.05) is 10.6 Å². The molecule has 0 bridgehead atoms. The Labute approximate surface area is 90.7 Å². The van der Waals surface area contributed by atoms with Crippen molar-refractivity contribution in [3.63, 3.8) is 0 Å². The highest BCUT2D eigenvalue weighted by molar-refractivity contribution is 6.31. The lowest BCUT2D eigenvalue weighted by Crippen LogP contribution is -2.16. The fraction of sp³-hybridized carbons (Fsp3) is 0.500. The smallest absolute Gasteiger partial charge is 0.0854 e. The van der Waals surface area contributed by atoms with E-state index in [4.69, 9.17) is 11.6 Å². The Bertz CT molecular complexity index is 324. The summed E-state index contributed by atoms with van der Waals surface area (Å²) in [5, 5.41) is 10.5. The normalized spacial score (nSPS) is 12.2. The molecule has 0 aliphatic rings. The van der Waals surface area contributed by atoms with Gasteiger partial charge < -0.3 is 5.11 Å². The molecule has 78 valence electrons. The molecule has 0 unspecified atom stereocenters. The van der Waals surface area contributed by atoms with Gasteiger partial charge in [0.15, 0.2) is 0 Å². The van der Waals surface area contributed by atoms with Gasteiger partial charge in [0.25, 0.3) is 0 Å². The van der Waals surface area contributed by atoms with Crippen molar-refractivity contribution in [2.45, 2.75) is 39.2 Å². The van der Waals surface area contributed by atoms with Gasteiger partial charge in [0.1, 0.15) is 0 Å². The molecule has 2 heteroatoms. The Hall–Kier alpha value is -0.530. The van der Waals surface area contributed by atoms with Gasteiger partial charge in [-0.05, 0) is 31.4 Å². The van der Waals surface area contributed by atoms with E-state index < -0.39 is 5.60 Å². The number of benzene rings is 1. The van der Waals surface area contributed by atoms with Gasteiger partial charge in [0.05, 0.1) is 5.60 Å². The van der Waals surface area contributed by atoms with E-state index in [1.165, 1.54) is 5.56 Å². The molecular formula is C12H17ClO. The van der Waals surface area contributed by atoms with E-state index in [0.29, 0.717) is 10.9 Å². The first-order valence-electron chi connectivity index (χ1n) is 4.84. The van der Waals surface area contributed by atoms with Crippen LogP contribution in [-0.2, 0) is 5.60 Å². The van der Waals surface area contributed by atoms with Gasteiger partial charge in [0.2, 0.25) is 0 Å². The first kappa shape index (κ1) is 11.5. The number of rotatable bonds is 2. The molecule has 0 spiro atoms. The lowest BCUT2D eigenvalue weighted by Gasteiger charge is -2.20. The van der Waals surface area contributed by atoms with Crippen LogP contribution in [0.4, 0.5) is 0 Å². The standard InChI is InChI=1S/C12H17ClO/c1-8(2)9-5-6-10(11(13)7-9)12(3,4)14/h5-8,14H,1-4H3. The number of halogens is 1. The van der Waals surface area contributed by atoms with Crippen molar-refractivity contribution in [3.8, 4) is 0 Å². The second-order valence-corrected chi connectivity index (χ2v) is 4.86. The van der Waals surface area contributed by atoms with Crippen LogP contribution in [0.1, 0.15) is 44.7 Å². The summed E-state index contributed by atoms with van der Waals surface area (Å²) in [6.45, 7) is 7.72. The fourth-order valence-corrected chi connectivity index (χ4v) is 1.81. The molecule has 1 aromatic carbocycles. The van der Waals surface area contributed by atoms with Crippen LogP contribution in [0.3, 0.4) is 0 Å². The Morgan fingerprint density at radius 2 is 1.86 bits per heavy atom. The SMILES string of the molecule is CC(C)c1ccc(C(C)(C)O)c(Cl)c1. The highest BCUT2D eigenvalue weighted by Crippen LogP contribution is 2.30. The second-order valence-electron chi connectivity index (χ2n) is 4.45. The van der Waals surface area contributed by atoms with Crippen LogP contribution in [0, 0.1) is 0 Å². The molecule has 0 aliphatic heterocycles. The molecule has 1 N–H and O–H groups in total. The van der Waals surface area contributed by atoms with Crippen molar-refractivity contribution in [1.82, 2.24) is 0 Å². The maximum Gasteiger partial charge on any atom is 0.0854 e. The third kappa shape index (κ3) is 2.49. The summed E-state index contributed by atoms with van der Waals surface area (Å²) in [4.78, 5) is 0. The predicted octanol–water partition coefficient (Wildman–Crippen LogP) is 3.69. The van der Waals surface area contributed by atoms with E-state index in [1.807, 2.05) is 18.2 Å². The molecule has 0 aliphatic carbocycles. The molecule has 0 atom stereocenters. The average molecular weight is 213 g/mol. The van der Waals surface area contributed by atoms with E-state index in [2.05, 4.69) is 13.8 Å². The Morgan fingerprint density at radius 3 is 2.21 bits per heavy atom. The summed E-state index contributed by atoms with van der Waals surface area (Å²) >= 11 is 6.10. The topological polar surface area (TPSA) is 20.2 Å². The minimum absolute atomic E-state index is 0.461. The van der Waals surface area contributed by atoms with Gasteiger partial charge in [-0.2, -0.15) is 0 Å². The maximum absolute atomic E-state index is 9.81. The summed E-state index contributed by atoms with van der Waals surface area (Å²) < 4.78 is 0. The van der Waals surface area contributed by atoms with Crippen LogP contribution < -0.4 is 0 Å². The second kappa shape index (κ2) is 3.92. The van der Waals surface area contributed by atoms with E-state index in [1.54, 1.807) is 13.8 Å². The Morgan fingerprint density at radius 1 is 1.29 bits per heavy atom. The molecule has 1 rings (SSSR count). The summed E-state index contributed by atoms with van der Waals surface area (Å²) in [5.74, 6) is 0.461. The fourth-order valence-electron chi connectivity index (χ4n) is 1.39. The Balaban J connectivity index is 3.15. The zero-order valence-electron chi connectivity index (χ0n) is 9.13. The third-order valence-electron chi connectivity index (χ3n) is 2.32. The number of aliphatic hydroxyl groups is 1. The van der Waals surface area contributed by atoms with Gasteiger partial charge in [-0.3, -0.25) is 0 Å². The summed E-state index contributed by atoms with van der Waals surface area (Å²) in [5.41, 5.74) is 1.11. The lowest BCUT2D eigenvalue weighted by molar-refractivity contribution is 0.0787. The average Bonchev–Trinajstić information content (AvgIpc) is 2.01. The molecule has 0 heterocycles. The van der Waals surface area contributed by atoms with Crippen LogP contribution in [-0.4, -0.2) is 5.11 Å². The van der Waals surface area contributed by atoms with Crippen LogP contribution in [0.25, 0.3) is 0 Å². The molecule has 0 saturated carbocycles. The largest absolute Gasteiger partial charge is 0.386 e. The summed E-state index contributed by atoms with van der Waals surface area (Å²) in [7, 11) is 0. The third-order valence-corrected chi connectivity index (χ3v) is 2.63. The van der Waals surface area contributed by atoms with Crippen molar-refractivity contribution in [3.05, 3.63) is 34.3 Å². The molecule has 0 saturated heterocycles. The van der Waals surface area contributed by atoms with E-state index in [-0.39, 0.29) is 0 Å². The van der Waals surface area contributed by atoms with Gasteiger partial charge in [-0.15, -0.1) is 0 Å². The molecule has 0 fully saturated rings. The zero-order chi connectivity index (χ0) is 10.9. The lowest BCUT2D eigenvalue weighted by atomic mass is 9.94. The van der Waals surface area contributed by atoms with Crippen LogP contribution in [0.5, 0.6) is 0 Å². The van der Waals surface area contributed by atoms with Crippen molar-refractivity contribution < 1.29 is 5.11 Å². The molecule has 0 aromatic heterocycles. The minimum Gasteiger partial charge on any atom is -0.386 e. The number of hydrogen-bond acceptors (Lipinski definition) is 1. The van der Waals surface area contributed by atoms with Gasteiger partial charge in [-0.25, -0.2) is 0 Å². The van der Waals surface area contributed by atoms with Crippen molar-refractivity contribution in [2.24, 2.45) is 0 Å². The molecule has 14 heavy (non-hydrogen) atoms. The van der Waals surface area contributed by atoms with E-state index in [9.17, 15) is 5.11 Å². The zero-order valence-corrected chi connectivity index (χ0v) is 9.89. The van der Waals surface area contributed by atoms with Crippen molar-refractivity contribution in [1.29, 1.82) is 0 Å². The van der Waals surface area contributed by atoms with Crippen LogP contribution in [0.15, 0.2) is 18.2 Å². The first-order chi connectivity index (χ1) is 6.32. The molecular weight excluding hydrogens is 196 g/mol. The number of hydrogen-bond donors (Lipinski definition) is 1. The predicted molar refractivity (Wildman–Crippen MR) is 60.8 cm³/mol. The van der Waals surface area contributed by atoms with Crippen LogP contribution >= 0.6 is 11.6 Å². The summed E-state index contributed by atoms with van der Waals surface area (Å²) in [6, 6.07) is 5.85. The van der Waals surface area contributed by atoms with Crippen molar-refractivity contribution >= 4 is 11.6 Å². The maximum atomic E-state index is 9.81. The van der Waals surface area contributed by atoms with E-state index in [0.717, 1.165) is 5.56 Å².